The standard InChI is InChI=1S/C19H16N2O3S/c1-12(18(22)20-15-9-6-14(7-10-15)19(23)24)25-17-11-8-13-4-2-3-5-16(13)21-17/h2-12H,1H3,(H,20,22)(H,23,24). The number of carbonyl (C=O) groups excluding carboxylic acids is 1. The normalized spacial score (nSPS) is 11.9. The number of nitrogens with zero attached hydrogens (tertiary/aromatic N) is 1. The summed E-state index contributed by atoms with van der Waals surface area (Å²) < 4.78 is 0. The number of hydrogen-bond acceptors (Lipinski definition) is 4. The van der Waals surface area contributed by atoms with E-state index in [4.69, 9.17) is 5.11 Å². The molecule has 3 rings (SSSR count). The van der Waals surface area contributed by atoms with Crippen molar-refractivity contribution in [3.8, 4) is 0 Å². The predicted octanol–water partition coefficient (Wildman–Crippen LogP) is 4.05. The number of carbonyl (C=O) groups is 2. The zero-order chi connectivity index (χ0) is 17.8. The van der Waals surface area contributed by atoms with Gasteiger partial charge in [-0.3, -0.25) is 4.79 Å². The number of amides is 1. The topological polar surface area (TPSA) is 79.3 Å². The monoisotopic (exact) mass is 352 g/mol. The van der Waals surface area contributed by atoms with Gasteiger partial charge in [0, 0.05) is 11.1 Å². The van der Waals surface area contributed by atoms with Crippen LogP contribution in [-0.2, 0) is 4.79 Å². The summed E-state index contributed by atoms with van der Waals surface area (Å²) in [7, 11) is 0. The zero-order valence-electron chi connectivity index (χ0n) is 13.5. The maximum Gasteiger partial charge on any atom is 0.335 e. The molecular weight excluding hydrogens is 336 g/mol. The lowest BCUT2D eigenvalue weighted by Gasteiger charge is -2.12. The summed E-state index contributed by atoms with van der Waals surface area (Å²) in [6, 6.07) is 17.8. The molecule has 0 bridgehead atoms. The van der Waals surface area contributed by atoms with E-state index in [1.54, 1.807) is 12.1 Å². The Labute approximate surface area is 149 Å². The molecule has 0 radical (unpaired) electrons. The van der Waals surface area contributed by atoms with Gasteiger partial charge in [-0.25, -0.2) is 9.78 Å². The summed E-state index contributed by atoms with van der Waals surface area (Å²) in [4.78, 5) is 27.7. The quantitative estimate of drug-likeness (QED) is 0.677. The molecule has 3 aromatic rings. The number of hydrogen-bond donors (Lipinski definition) is 2. The fraction of sp³-hybridized carbons (Fsp3) is 0.105. The van der Waals surface area contributed by atoms with Crippen molar-refractivity contribution in [1.82, 2.24) is 4.98 Å². The second-order valence-corrected chi connectivity index (χ2v) is 6.84. The van der Waals surface area contributed by atoms with Gasteiger partial charge in [0.15, 0.2) is 0 Å². The molecule has 2 N–H and O–H groups in total. The van der Waals surface area contributed by atoms with Crippen LogP contribution in [0, 0.1) is 0 Å². The van der Waals surface area contributed by atoms with Crippen LogP contribution in [0.2, 0.25) is 0 Å². The molecule has 25 heavy (non-hydrogen) atoms. The number of pyridine rings is 1. The lowest BCUT2D eigenvalue weighted by molar-refractivity contribution is -0.115. The van der Waals surface area contributed by atoms with Crippen molar-refractivity contribution in [3.05, 3.63) is 66.2 Å². The van der Waals surface area contributed by atoms with Crippen molar-refractivity contribution < 1.29 is 14.7 Å². The van der Waals surface area contributed by atoms with Crippen LogP contribution < -0.4 is 5.32 Å². The fourth-order valence-electron chi connectivity index (χ4n) is 2.29. The first-order chi connectivity index (χ1) is 12.0. The Kier molecular flexibility index (Phi) is 5.00. The van der Waals surface area contributed by atoms with Gasteiger partial charge >= 0.3 is 5.97 Å². The number of carboxylic acids is 1. The Hall–Kier alpha value is -2.86. The van der Waals surface area contributed by atoms with Crippen LogP contribution in [0.5, 0.6) is 0 Å². The molecule has 0 aliphatic heterocycles. The number of benzene rings is 2. The maximum atomic E-state index is 12.3. The summed E-state index contributed by atoms with van der Waals surface area (Å²) in [5.41, 5.74) is 1.64. The van der Waals surface area contributed by atoms with E-state index in [-0.39, 0.29) is 16.7 Å². The average Bonchev–Trinajstić information content (AvgIpc) is 2.62. The molecular formula is C19H16N2O3S. The van der Waals surface area contributed by atoms with Gasteiger partial charge in [0.25, 0.3) is 0 Å². The van der Waals surface area contributed by atoms with Crippen LogP contribution in [0.3, 0.4) is 0 Å². The maximum absolute atomic E-state index is 12.3. The van der Waals surface area contributed by atoms with Gasteiger partial charge in [-0.1, -0.05) is 36.0 Å². The number of aromatic nitrogens is 1. The summed E-state index contributed by atoms with van der Waals surface area (Å²) in [5.74, 6) is -1.16. The number of thioether (sulfide) groups is 1. The molecule has 2 aromatic carbocycles. The summed E-state index contributed by atoms with van der Waals surface area (Å²) in [5, 5.41) is 13.2. The number of rotatable bonds is 5. The molecule has 5 nitrogen and oxygen atoms in total. The molecule has 0 spiro atoms. The van der Waals surface area contributed by atoms with E-state index in [1.807, 2.05) is 43.3 Å². The van der Waals surface area contributed by atoms with E-state index in [9.17, 15) is 9.59 Å². The van der Waals surface area contributed by atoms with Crippen molar-refractivity contribution in [3.63, 3.8) is 0 Å². The predicted molar refractivity (Wildman–Crippen MR) is 99.1 cm³/mol. The molecule has 0 aliphatic carbocycles. The molecule has 0 aliphatic rings. The minimum absolute atomic E-state index is 0.164. The van der Waals surface area contributed by atoms with Crippen LogP contribution in [0.15, 0.2) is 65.7 Å². The first kappa shape index (κ1) is 17.0. The van der Waals surface area contributed by atoms with E-state index in [0.29, 0.717) is 5.69 Å². The molecule has 1 heterocycles. The number of aromatic carboxylic acids is 1. The Balaban J connectivity index is 1.66. The highest BCUT2D eigenvalue weighted by Crippen LogP contribution is 2.24. The molecule has 1 aromatic heterocycles. The van der Waals surface area contributed by atoms with Gasteiger partial charge in [0.1, 0.15) is 0 Å². The molecule has 0 saturated heterocycles. The highest BCUT2D eigenvalue weighted by molar-refractivity contribution is 8.00. The number of nitrogens with one attached hydrogen (secondary N) is 1. The Morgan fingerprint density at radius 1 is 1.04 bits per heavy atom. The average molecular weight is 352 g/mol. The molecule has 1 amide bonds. The third-order valence-corrected chi connectivity index (χ3v) is 4.68. The second kappa shape index (κ2) is 7.36. The van der Waals surface area contributed by atoms with Gasteiger partial charge < -0.3 is 10.4 Å². The third-order valence-electron chi connectivity index (χ3n) is 3.64. The van der Waals surface area contributed by atoms with Crippen LogP contribution in [0.25, 0.3) is 10.9 Å². The minimum Gasteiger partial charge on any atom is -0.478 e. The minimum atomic E-state index is -0.996. The highest BCUT2D eigenvalue weighted by atomic mass is 32.2. The van der Waals surface area contributed by atoms with Gasteiger partial charge in [-0.05, 0) is 43.3 Å². The number of fused-ring (bicyclic) bond motifs is 1. The van der Waals surface area contributed by atoms with Crippen molar-refractivity contribution in [2.45, 2.75) is 17.2 Å². The lowest BCUT2D eigenvalue weighted by Crippen LogP contribution is -2.22. The van der Waals surface area contributed by atoms with Crippen molar-refractivity contribution >= 4 is 40.2 Å². The SMILES string of the molecule is CC(Sc1ccc2ccccc2n1)C(=O)Nc1ccc(C(=O)O)cc1. The van der Waals surface area contributed by atoms with E-state index in [1.165, 1.54) is 23.9 Å². The van der Waals surface area contributed by atoms with Crippen LogP contribution in [-0.4, -0.2) is 27.2 Å². The molecule has 1 atom stereocenters. The third kappa shape index (κ3) is 4.16. The summed E-state index contributed by atoms with van der Waals surface area (Å²) in [6.45, 7) is 1.81. The molecule has 0 fully saturated rings. The first-order valence-corrected chi connectivity index (χ1v) is 8.57. The van der Waals surface area contributed by atoms with Gasteiger partial charge in [-0.2, -0.15) is 0 Å². The molecule has 126 valence electrons. The molecule has 0 saturated carbocycles. The fourth-order valence-corrected chi connectivity index (χ4v) is 3.11. The van der Waals surface area contributed by atoms with Crippen molar-refractivity contribution in [1.29, 1.82) is 0 Å². The summed E-state index contributed by atoms with van der Waals surface area (Å²) in [6.07, 6.45) is 0. The van der Waals surface area contributed by atoms with Crippen molar-refractivity contribution in [2.24, 2.45) is 0 Å². The van der Waals surface area contributed by atoms with Gasteiger partial charge in [0.05, 0.1) is 21.4 Å². The Morgan fingerprint density at radius 2 is 1.76 bits per heavy atom. The van der Waals surface area contributed by atoms with Gasteiger partial charge in [-0.15, -0.1) is 0 Å². The first-order valence-electron chi connectivity index (χ1n) is 7.69. The van der Waals surface area contributed by atoms with Crippen molar-refractivity contribution in [2.75, 3.05) is 5.32 Å². The number of carboxylic acid groups (broad SMARTS) is 1. The Bertz CT molecular complexity index is 925. The lowest BCUT2D eigenvalue weighted by atomic mass is 10.2. The molecule has 1 unspecified atom stereocenters. The van der Waals surface area contributed by atoms with Gasteiger partial charge in [0.2, 0.25) is 5.91 Å². The number of anilines is 1. The highest BCUT2D eigenvalue weighted by Gasteiger charge is 2.16. The van der Waals surface area contributed by atoms with E-state index in [0.717, 1.165) is 15.9 Å². The zero-order valence-corrected chi connectivity index (χ0v) is 14.3. The molecule has 6 heteroatoms. The van der Waals surface area contributed by atoms with Crippen LogP contribution in [0.4, 0.5) is 5.69 Å². The summed E-state index contributed by atoms with van der Waals surface area (Å²) >= 11 is 1.38. The van der Waals surface area contributed by atoms with E-state index in [2.05, 4.69) is 10.3 Å². The second-order valence-electron chi connectivity index (χ2n) is 5.47. The van der Waals surface area contributed by atoms with E-state index >= 15 is 0 Å². The Morgan fingerprint density at radius 3 is 2.48 bits per heavy atom. The largest absolute Gasteiger partial charge is 0.478 e. The smallest absolute Gasteiger partial charge is 0.335 e. The number of para-hydroxylation sites is 1. The van der Waals surface area contributed by atoms with Crippen LogP contribution >= 0.6 is 11.8 Å². The van der Waals surface area contributed by atoms with E-state index < -0.39 is 5.97 Å². The van der Waals surface area contributed by atoms with Crippen LogP contribution in [0.1, 0.15) is 17.3 Å².